The van der Waals surface area contributed by atoms with Crippen LogP contribution in [0.5, 0.6) is 6.01 Å². The molecule has 1 N–H and O–H groups in total. The average molecular weight is 286 g/mol. The molecule has 19 heavy (non-hydrogen) atoms. The van der Waals surface area contributed by atoms with Gasteiger partial charge in [0, 0.05) is 26.1 Å². The Morgan fingerprint density at radius 1 is 1.47 bits per heavy atom. The number of carbonyl (C=O) groups is 1. The van der Waals surface area contributed by atoms with Crippen LogP contribution in [-0.4, -0.2) is 52.0 Å². The molecule has 1 aromatic rings. The maximum absolute atomic E-state index is 11.4. The number of rotatable bonds is 4. The first-order valence-corrected chi connectivity index (χ1v) is 6.51. The molecule has 1 aromatic heterocycles. The molecule has 1 atom stereocenters. The van der Waals surface area contributed by atoms with Crippen LogP contribution in [0.2, 0.25) is 5.28 Å². The quantitative estimate of drug-likeness (QED) is 0.887. The van der Waals surface area contributed by atoms with Crippen LogP contribution in [0.4, 0.5) is 5.95 Å². The molecule has 8 heteroatoms. The zero-order chi connectivity index (χ0) is 13.8. The monoisotopic (exact) mass is 285 g/mol. The second-order valence-electron chi connectivity index (χ2n) is 4.30. The van der Waals surface area contributed by atoms with Gasteiger partial charge >= 0.3 is 6.01 Å². The first-order chi connectivity index (χ1) is 9.08. The summed E-state index contributed by atoms with van der Waals surface area (Å²) < 4.78 is 5.20. The summed E-state index contributed by atoms with van der Waals surface area (Å²) in [6.45, 7) is 2.92. The number of nitrogens with one attached hydrogen (secondary N) is 1. The Kier molecular flexibility index (Phi) is 4.36. The van der Waals surface area contributed by atoms with Gasteiger partial charge in [-0.3, -0.25) is 4.79 Å². The summed E-state index contributed by atoms with van der Waals surface area (Å²) in [5.74, 6) is 0.526. The fourth-order valence-electron chi connectivity index (χ4n) is 1.90. The summed E-state index contributed by atoms with van der Waals surface area (Å²) in [6, 6.07) is 0.306. The van der Waals surface area contributed by atoms with E-state index < -0.39 is 0 Å². The number of hydrogen-bond donors (Lipinski definition) is 1. The normalized spacial score (nSPS) is 19.4. The maximum atomic E-state index is 11.4. The maximum Gasteiger partial charge on any atom is 0.322 e. The van der Waals surface area contributed by atoms with E-state index in [1.807, 2.05) is 6.92 Å². The number of ether oxygens (including phenoxy) is 1. The van der Waals surface area contributed by atoms with Crippen molar-refractivity contribution in [2.45, 2.75) is 25.8 Å². The standard InChI is InChI=1S/C11H16ClN5O2/c1-3-19-11-15-9(12)14-10(16-11)13-7-4-5-8(18)17(2)6-7/h7H,3-6H2,1-2H3,(H,13,14,15,16). The van der Waals surface area contributed by atoms with Crippen molar-refractivity contribution in [3.05, 3.63) is 5.28 Å². The Hall–Kier alpha value is -1.63. The molecule has 2 heterocycles. The lowest BCUT2D eigenvalue weighted by Gasteiger charge is -2.30. The molecule has 1 aliphatic heterocycles. The summed E-state index contributed by atoms with van der Waals surface area (Å²) in [6.07, 6.45) is 1.27. The minimum atomic E-state index is 0.0844. The predicted molar refractivity (Wildman–Crippen MR) is 70.3 cm³/mol. The zero-order valence-corrected chi connectivity index (χ0v) is 11.6. The second kappa shape index (κ2) is 6.01. The van der Waals surface area contributed by atoms with E-state index >= 15 is 0 Å². The molecule has 1 amide bonds. The number of carbonyl (C=O) groups excluding carboxylic acids is 1. The first-order valence-electron chi connectivity index (χ1n) is 6.13. The number of likely N-dealkylation sites (tertiary alicyclic amines) is 1. The summed E-state index contributed by atoms with van der Waals surface area (Å²) in [5, 5.41) is 3.24. The third-order valence-electron chi connectivity index (χ3n) is 2.82. The zero-order valence-electron chi connectivity index (χ0n) is 10.9. The Bertz CT molecular complexity index is 470. The topological polar surface area (TPSA) is 80.2 Å². The smallest absolute Gasteiger partial charge is 0.322 e. The van der Waals surface area contributed by atoms with E-state index in [4.69, 9.17) is 16.3 Å². The number of likely N-dealkylation sites (N-methyl/N-ethyl adjacent to an activating group) is 1. The number of nitrogens with zero attached hydrogens (tertiary/aromatic N) is 4. The highest BCUT2D eigenvalue weighted by atomic mass is 35.5. The van der Waals surface area contributed by atoms with Gasteiger partial charge in [0.05, 0.1) is 6.61 Å². The molecule has 0 bridgehead atoms. The van der Waals surface area contributed by atoms with E-state index in [1.165, 1.54) is 0 Å². The fraction of sp³-hybridized carbons (Fsp3) is 0.636. The first kappa shape index (κ1) is 13.8. The van der Waals surface area contributed by atoms with Gasteiger partial charge in [0.15, 0.2) is 0 Å². The van der Waals surface area contributed by atoms with Gasteiger partial charge < -0.3 is 15.0 Å². The molecule has 0 aliphatic carbocycles. The summed E-state index contributed by atoms with van der Waals surface area (Å²) in [7, 11) is 1.78. The van der Waals surface area contributed by atoms with Gasteiger partial charge in [-0.05, 0) is 24.9 Å². The molecule has 1 fully saturated rings. The molecule has 2 rings (SSSR count). The molecule has 104 valence electrons. The minimum Gasteiger partial charge on any atom is -0.464 e. The highest BCUT2D eigenvalue weighted by Gasteiger charge is 2.23. The highest BCUT2D eigenvalue weighted by Crippen LogP contribution is 2.16. The Balaban J connectivity index is 2.04. The molecule has 0 saturated carbocycles. The molecular formula is C11H16ClN5O2. The highest BCUT2D eigenvalue weighted by molar-refractivity contribution is 6.28. The van der Waals surface area contributed by atoms with E-state index in [0.29, 0.717) is 25.5 Å². The van der Waals surface area contributed by atoms with Gasteiger partial charge in [0.25, 0.3) is 0 Å². The van der Waals surface area contributed by atoms with Crippen LogP contribution in [0.1, 0.15) is 19.8 Å². The van der Waals surface area contributed by atoms with Crippen molar-refractivity contribution in [3.8, 4) is 6.01 Å². The van der Waals surface area contributed by atoms with Gasteiger partial charge in [0.1, 0.15) is 0 Å². The van der Waals surface area contributed by atoms with E-state index in [2.05, 4.69) is 20.3 Å². The number of piperidine rings is 1. The van der Waals surface area contributed by atoms with Gasteiger partial charge in [0.2, 0.25) is 17.1 Å². The molecule has 1 aliphatic rings. The van der Waals surface area contributed by atoms with Crippen LogP contribution in [-0.2, 0) is 4.79 Å². The van der Waals surface area contributed by atoms with Crippen molar-refractivity contribution in [1.82, 2.24) is 19.9 Å². The molecule has 1 unspecified atom stereocenters. The lowest BCUT2D eigenvalue weighted by molar-refractivity contribution is -0.132. The Morgan fingerprint density at radius 3 is 2.95 bits per heavy atom. The SMILES string of the molecule is CCOc1nc(Cl)nc(NC2CCC(=O)N(C)C2)n1. The number of halogens is 1. The van der Waals surface area contributed by atoms with E-state index in [9.17, 15) is 4.79 Å². The van der Waals surface area contributed by atoms with Crippen LogP contribution in [0.25, 0.3) is 0 Å². The molecule has 0 radical (unpaired) electrons. The van der Waals surface area contributed by atoms with E-state index in [0.717, 1.165) is 6.42 Å². The van der Waals surface area contributed by atoms with Crippen molar-refractivity contribution >= 4 is 23.5 Å². The van der Waals surface area contributed by atoms with Gasteiger partial charge in [-0.1, -0.05) is 0 Å². The fourth-order valence-corrected chi connectivity index (χ4v) is 2.06. The van der Waals surface area contributed by atoms with Crippen molar-refractivity contribution in [2.24, 2.45) is 0 Å². The number of amides is 1. The minimum absolute atomic E-state index is 0.0844. The summed E-state index contributed by atoms with van der Waals surface area (Å²) >= 11 is 5.81. The molecule has 1 saturated heterocycles. The largest absolute Gasteiger partial charge is 0.464 e. The van der Waals surface area contributed by atoms with Crippen LogP contribution in [0.15, 0.2) is 0 Å². The van der Waals surface area contributed by atoms with Crippen molar-refractivity contribution in [1.29, 1.82) is 0 Å². The molecule has 0 aromatic carbocycles. The lowest BCUT2D eigenvalue weighted by Crippen LogP contribution is -2.43. The summed E-state index contributed by atoms with van der Waals surface area (Å²) in [4.78, 5) is 25.1. The Labute approximate surface area is 116 Å². The van der Waals surface area contributed by atoms with Crippen molar-refractivity contribution < 1.29 is 9.53 Å². The van der Waals surface area contributed by atoms with Crippen LogP contribution < -0.4 is 10.1 Å². The Morgan fingerprint density at radius 2 is 2.26 bits per heavy atom. The molecule has 7 nitrogen and oxygen atoms in total. The van der Waals surface area contributed by atoms with Gasteiger partial charge in [-0.15, -0.1) is 0 Å². The predicted octanol–water partition coefficient (Wildman–Crippen LogP) is 0.956. The third kappa shape index (κ3) is 3.66. The number of aromatic nitrogens is 3. The third-order valence-corrected chi connectivity index (χ3v) is 2.99. The number of hydrogen-bond acceptors (Lipinski definition) is 6. The molecular weight excluding hydrogens is 270 g/mol. The average Bonchev–Trinajstić information content (AvgIpc) is 2.33. The second-order valence-corrected chi connectivity index (χ2v) is 4.64. The van der Waals surface area contributed by atoms with Crippen molar-refractivity contribution in [3.63, 3.8) is 0 Å². The van der Waals surface area contributed by atoms with Crippen LogP contribution in [0.3, 0.4) is 0 Å². The summed E-state index contributed by atoms with van der Waals surface area (Å²) in [5.41, 5.74) is 0. The van der Waals surface area contributed by atoms with Gasteiger partial charge in [-0.2, -0.15) is 15.0 Å². The van der Waals surface area contributed by atoms with Gasteiger partial charge in [-0.25, -0.2) is 0 Å². The number of anilines is 1. The lowest BCUT2D eigenvalue weighted by atomic mass is 10.1. The van der Waals surface area contributed by atoms with E-state index in [1.54, 1.807) is 11.9 Å². The van der Waals surface area contributed by atoms with E-state index in [-0.39, 0.29) is 23.2 Å². The molecule has 0 spiro atoms. The van der Waals surface area contributed by atoms with Crippen LogP contribution >= 0.6 is 11.6 Å². The van der Waals surface area contributed by atoms with Crippen molar-refractivity contribution in [2.75, 3.05) is 25.5 Å². The van der Waals surface area contributed by atoms with Crippen LogP contribution in [0, 0.1) is 0 Å².